The molecule has 4 unspecified atom stereocenters. The molecule has 9 N–H and O–H groups in total. The molecular formula is C21H37N5O8. The molecule has 34 heavy (non-hydrogen) atoms. The van der Waals surface area contributed by atoms with Crippen molar-refractivity contribution in [1.29, 1.82) is 0 Å². The minimum atomic E-state index is -1.52. The topological polar surface area (TPSA) is 231 Å². The first-order valence-electron chi connectivity index (χ1n) is 11.0. The van der Waals surface area contributed by atoms with Gasteiger partial charge < -0.3 is 37.6 Å². The number of amides is 4. The largest absolute Gasteiger partial charge is 0.481 e. The molecule has 0 spiro atoms. The van der Waals surface area contributed by atoms with E-state index in [0.29, 0.717) is 0 Å². The van der Waals surface area contributed by atoms with Crippen LogP contribution in [0.25, 0.3) is 0 Å². The van der Waals surface area contributed by atoms with Crippen molar-refractivity contribution in [3.63, 3.8) is 0 Å². The lowest BCUT2D eigenvalue weighted by atomic mass is 10.00. The molecule has 0 rings (SSSR count). The van der Waals surface area contributed by atoms with Crippen LogP contribution in [-0.2, 0) is 28.8 Å². The molecule has 0 saturated heterocycles. The summed E-state index contributed by atoms with van der Waals surface area (Å²) in [6.45, 7) is 7.14. The number of primary amides is 1. The van der Waals surface area contributed by atoms with Crippen molar-refractivity contribution in [1.82, 2.24) is 16.0 Å². The molecule has 0 aromatic carbocycles. The summed E-state index contributed by atoms with van der Waals surface area (Å²) in [5.41, 5.74) is 11.0. The molecule has 4 amide bonds. The molecule has 13 heteroatoms. The normalized spacial score (nSPS) is 14.6. The second-order valence-corrected chi connectivity index (χ2v) is 8.86. The highest BCUT2D eigenvalue weighted by Gasteiger charge is 2.31. The SMILES string of the molecule is CC(C)CC(NC(=O)C(N)C(C)C)C(=O)NC(CCC(N)=O)C(=O)NC(CCC(=O)O)C(=O)O. The number of carbonyl (C=O) groups is 6. The minimum absolute atomic E-state index is 0.0170. The molecule has 0 radical (unpaired) electrons. The summed E-state index contributed by atoms with van der Waals surface area (Å²) in [7, 11) is 0. The van der Waals surface area contributed by atoms with E-state index in [1.165, 1.54) is 0 Å². The van der Waals surface area contributed by atoms with Crippen LogP contribution in [0, 0.1) is 11.8 Å². The van der Waals surface area contributed by atoms with Crippen molar-refractivity contribution in [2.45, 2.75) is 84.0 Å². The first kappa shape index (κ1) is 30.8. The highest BCUT2D eigenvalue weighted by molar-refractivity contribution is 5.94. The van der Waals surface area contributed by atoms with E-state index in [1.807, 2.05) is 13.8 Å². The Morgan fingerprint density at radius 3 is 1.65 bits per heavy atom. The zero-order valence-electron chi connectivity index (χ0n) is 20.0. The summed E-state index contributed by atoms with van der Waals surface area (Å²) in [5.74, 6) is -5.85. The van der Waals surface area contributed by atoms with E-state index in [0.717, 1.165) is 0 Å². The number of hydrogen-bond acceptors (Lipinski definition) is 7. The number of rotatable bonds is 16. The molecule has 0 fully saturated rings. The van der Waals surface area contributed by atoms with Crippen molar-refractivity contribution in [2.75, 3.05) is 0 Å². The van der Waals surface area contributed by atoms with E-state index < -0.39 is 66.2 Å². The summed E-state index contributed by atoms with van der Waals surface area (Å²) < 4.78 is 0. The molecule has 4 atom stereocenters. The third kappa shape index (κ3) is 12.1. The van der Waals surface area contributed by atoms with Gasteiger partial charge in [0, 0.05) is 12.8 Å². The molecule has 0 bridgehead atoms. The third-order valence-electron chi connectivity index (χ3n) is 4.93. The Morgan fingerprint density at radius 2 is 1.21 bits per heavy atom. The number of carbonyl (C=O) groups excluding carboxylic acids is 4. The fourth-order valence-corrected chi connectivity index (χ4v) is 2.90. The van der Waals surface area contributed by atoms with Gasteiger partial charge in [-0.3, -0.25) is 24.0 Å². The van der Waals surface area contributed by atoms with Gasteiger partial charge >= 0.3 is 11.9 Å². The Bertz CT molecular complexity index is 755. The zero-order valence-corrected chi connectivity index (χ0v) is 20.0. The first-order chi connectivity index (χ1) is 15.6. The van der Waals surface area contributed by atoms with Gasteiger partial charge in [-0.05, 0) is 31.1 Å². The van der Waals surface area contributed by atoms with E-state index in [9.17, 15) is 33.9 Å². The third-order valence-corrected chi connectivity index (χ3v) is 4.93. The van der Waals surface area contributed by atoms with Crippen molar-refractivity contribution in [2.24, 2.45) is 23.3 Å². The van der Waals surface area contributed by atoms with E-state index in [-0.39, 0.29) is 37.5 Å². The van der Waals surface area contributed by atoms with Crippen molar-refractivity contribution in [3.8, 4) is 0 Å². The number of carboxylic acids is 2. The highest BCUT2D eigenvalue weighted by Crippen LogP contribution is 2.09. The molecule has 0 aromatic heterocycles. The van der Waals surface area contributed by atoms with Gasteiger partial charge in [-0.25, -0.2) is 4.79 Å². The summed E-state index contributed by atoms with van der Waals surface area (Å²) in [4.78, 5) is 71.4. The lowest BCUT2D eigenvalue weighted by molar-refractivity contribution is -0.143. The standard InChI is InChI=1S/C21H37N5O8/c1-10(2)9-14(26-20(32)17(23)11(3)4)19(31)24-12(5-7-15(22)27)18(30)25-13(21(33)34)6-8-16(28)29/h10-14,17H,5-9,23H2,1-4H3,(H2,22,27)(H,24,31)(H,25,30)(H,26,32)(H,28,29)(H,33,34). The van der Waals surface area contributed by atoms with Gasteiger partial charge in [-0.2, -0.15) is 0 Å². The zero-order chi connectivity index (χ0) is 26.6. The van der Waals surface area contributed by atoms with Crippen LogP contribution in [0.5, 0.6) is 0 Å². The van der Waals surface area contributed by atoms with E-state index in [1.54, 1.807) is 13.8 Å². The smallest absolute Gasteiger partial charge is 0.326 e. The summed E-state index contributed by atoms with van der Waals surface area (Å²) in [5, 5.41) is 25.2. The van der Waals surface area contributed by atoms with Crippen LogP contribution in [0.1, 0.15) is 59.8 Å². The van der Waals surface area contributed by atoms with Gasteiger partial charge in [0.2, 0.25) is 23.6 Å². The fourth-order valence-electron chi connectivity index (χ4n) is 2.90. The number of aliphatic carboxylic acids is 2. The lowest BCUT2D eigenvalue weighted by Gasteiger charge is -2.26. The van der Waals surface area contributed by atoms with E-state index in [4.69, 9.17) is 16.6 Å². The molecule has 0 aliphatic rings. The number of hydrogen-bond donors (Lipinski definition) is 7. The quantitative estimate of drug-likeness (QED) is 0.137. The van der Waals surface area contributed by atoms with Crippen molar-refractivity contribution >= 4 is 35.6 Å². The van der Waals surface area contributed by atoms with Crippen LogP contribution in [0.3, 0.4) is 0 Å². The van der Waals surface area contributed by atoms with Crippen LogP contribution in [0.2, 0.25) is 0 Å². The van der Waals surface area contributed by atoms with Gasteiger partial charge in [0.05, 0.1) is 6.04 Å². The molecule has 0 aliphatic carbocycles. The van der Waals surface area contributed by atoms with Crippen LogP contribution < -0.4 is 27.4 Å². The highest BCUT2D eigenvalue weighted by atomic mass is 16.4. The number of nitrogens with two attached hydrogens (primary N) is 2. The van der Waals surface area contributed by atoms with Crippen LogP contribution >= 0.6 is 0 Å². The lowest BCUT2D eigenvalue weighted by Crippen LogP contribution is -2.57. The van der Waals surface area contributed by atoms with E-state index in [2.05, 4.69) is 16.0 Å². The average molecular weight is 488 g/mol. The van der Waals surface area contributed by atoms with Gasteiger partial charge in [-0.1, -0.05) is 27.7 Å². The summed E-state index contributed by atoms with van der Waals surface area (Å²) in [6, 6.07) is -4.77. The molecule has 0 saturated carbocycles. The van der Waals surface area contributed by atoms with Crippen LogP contribution in [0.15, 0.2) is 0 Å². The van der Waals surface area contributed by atoms with Crippen LogP contribution in [-0.4, -0.2) is 69.9 Å². The molecule has 0 aliphatic heterocycles. The maximum atomic E-state index is 12.9. The second kappa shape index (κ2) is 14.8. The van der Waals surface area contributed by atoms with Gasteiger partial charge in [-0.15, -0.1) is 0 Å². The molecule has 194 valence electrons. The van der Waals surface area contributed by atoms with Crippen molar-refractivity contribution in [3.05, 3.63) is 0 Å². The Labute approximate surface area is 198 Å². The second-order valence-electron chi connectivity index (χ2n) is 8.86. The predicted molar refractivity (Wildman–Crippen MR) is 121 cm³/mol. The first-order valence-corrected chi connectivity index (χ1v) is 11.0. The van der Waals surface area contributed by atoms with E-state index >= 15 is 0 Å². The Balaban J connectivity index is 5.59. The molecule has 13 nitrogen and oxygen atoms in total. The predicted octanol–water partition coefficient (Wildman–Crippen LogP) is -1.31. The Morgan fingerprint density at radius 1 is 0.735 bits per heavy atom. The molecule has 0 aromatic rings. The Hall–Kier alpha value is -3.22. The number of nitrogens with one attached hydrogen (secondary N) is 3. The average Bonchev–Trinajstić information content (AvgIpc) is 2.71. The van der Waals surface area contributed by atoms with Crippen molar-refractivity contribution < 1.29 is 39.0 Å². The van der Waals surface area contributed by atoms with Gasteiger partial charge in [0.25, 0.3) is 0 Å². The molecule has 0 heterocycles. The molecular weight excluding hydrogens is 450 g/mol. The maximum absolute atomic E-state index is 12.9. The van der Waals surface area contributed by atoms with Crippen LogP contribution in [0.4, 0.5) is 0 Å². The Kier molecular flexibility index (Phi) is 13.4. The fraction of sp³-hybridized carbons (Fsp3) is 0.714. The minimum Gasteiger partial charge on any atom is -0.481 e. The maximum Gasteiger partial charge on any atom is 0.326 e. The number of carboxylic acid groups (broad SMARTS) is 2. The summed E-state index contributed by atoms with van der Waals surface area (Å²) >= 11 is 0. The van der Waals surface area contributed by atoms with Gasteiger partial charge in [0.1, 0.15) is 18.1 Å². The van der Waals surface area contributed by atoms with Gasteiger partial charge in [0.15, 0.2) is 0 Å². The monoisotopic (exact) mass is 487 g/mol. The summed E-state index contributed by atoms with van der Waals surface area (Å²) in [6.07, 6.45) is -1.18.